The highest BCUT2D eigenvalue weighted by molar-refractivity contribution is 5.40. The van der Waals surface area contributed by atoms with Gasteiger partial charge < -0.3 is 19.9 Å². The molecule has 0 amide bonds. The van der Waals surface area contributed by atoms with Crippen molar-refractivity contribution in [1.82, 2.24) is 5.32 Å². The largest absolute Gasteiger partial charge is 0.497 e. The van der Waals surface area contributed by atoms with E-state index in [0.717, 1.165) is 47.7 Å². The first-order valence-corrected chi connectivity index (χ1v) is 12.8. The van der Waals surface area contributed by atoms with E-state index in [9.17, 15) is 5.11 Å². The molecule has 2 aliphatic carbocycles. The number of benzene rings is 1. The summed E-state index contributed by atoms with van der Waals surface area (Å²) in [4.78, 5) is 0. The summed E-state index contributed by atoms with van der Waals surface area (Å²) in [5.41, 5.74) is 1.30. The monoisotopic (exact) mass is 445 g/mol. The Morgan fingerprint density at radius 2 is 1.75 bits per heavy atom. The first-order valence-electron chi connectivity index (χ1n) is 12.8. The van der Waals surface area contributed by atoms with Gasteiger partial charge in [-0.2, -0.15) is 0 Å². The molecule has 0 aliphatic heterocycles. The van der Waals surface area contributed by atoms with Crippen molar-refractivity contribution in [1.29, 1.82) is 0 Å². The zero-order chi connectivity index (χ0) is 23.5. The van der Waals surface area contributed by atoms with Crippen LogP contribution in [0.25, 0.3) is 0 Å². The van der Waals surface area contributed by atoms with Gasteiger partial charge in [0.25, 0.3) is 0 Å². The minimum atomic E-state index is -0.321. The standard InChI is InChI=1S/C28H47NO3/c1-19(2)9-8-10-20(3)23-13-15-28(5)26(30)24(14-16-27(23,28)4)29-18-21-11-12-22(31-6)17-25(21)32-7/h11-12,17,19-20,23-24,26,29-30H,8-10,13-16,18H2,1-7H3/t20-,23-,24+,26+,27-,28+/m1/s1. The van der Waals surface area contributed by atoms with Crippen LogP contribution in [0.2, 0.25) is 0 Å². The van der Waals surface area contributed by atoms with E-state index in [1.165, 1.54) is 32.1 Å². The summed E-state index contributed by atoms with van der Waals surface area (Å²) in [6.45, 7) is 12.6. The van der Waals surface area contributed by atoms with Crippen molar-refractivity contribution in [3.05, 3.63) is 23.8 Å². The molecule has 0 saturated heterocycles. The number of aliphatic hydroxyl groups excluding tert-OH is 1. The van der Waals surface area contributed by atoms with Crippen LogP contribution < -0.4 is 14.8 Å². The van der Waals surface area contributed by atoms with E-state index in [1.807, 2.05) is 12.1 Å². The molecule has 4 heteroatoms. The molecular formula is C28H47NO3. The molecule has 0 bridgehead atoms. The van der Waals surface area contributed by atoms with Crippen LogP contribution in [0.3, 0.4) is 0 Å². The number of fused-ring (bicyclic) bond motifs is 1. The van der Waals surface area contributed by atoms with Crippen molar-refractivity contribution >= 4 is 0 Å². The third-order valence-corrected chi connectivity index (χ3v) is 9.28. The highest BCUT2D eigenvalue weighted by atomic mass is 16.5. The van der Waals surface area contributed by atoms with Crippen LogP contribution in [-0.2, 0) is 6.54 Å². The summed E-state index contributed by atoms with van der Waals surface area (Å²) in [7, 11) is 3.37. The fourth-order valence-corrected chi connectivity index (χ4v) is 6.91. The molecule has 0 radical (unpaired) electrons. The van der Waals surface area contributed by atoms with Gasteiger partial charge in [-0.25, -0.2) is 0 Å². The minimum absolute atomic E-state index is 0.0239. The molecule has 0 spiro atoms. The van der Waals surface area contributed by atoms with E-state index < -0.39 is 0 Å². The fourth-order valence-electron chi connectivity index (χ4n) is 6.91. The number of rotatable bonds is 10. The quantitative estimate of drug-likeness (QED) is 0.450. The highest BCUT2D eigenvalue weighted by Crippen LogP contribution is 2.65. The molecule has 6 atom stereocenters. The Balaban J connectivity index is 1.65. The molecule has 0 aromatic heterocycles. The number of hydrogen-bond acceptors (Lipinski definition) is 4. The molecule has 1 aromatic rings. The Labute approximate surface area is 196 Å². The van der Waals surface area contributed by atoms with Gasteiger partial charge >= 0.3 is 0 Å². The molecule has 2 fully saturated rings. The van der Waals surface area contributed by atoms with E-state index >= 15 is 0 Å². The van der Waals surface area contributed by atoms with Crippen LogP contribution in [0.4, 0.5) is 0 Å². The van der Waals surface area contributed by atoms with Crippen molar-refractivity contribution in [2.24, 2.45) is 28.6 Å². The second kappa shape index (κ2) is 10.3. The number of ether oxygens (including phenoxy) is 2. The summed E-state index contributed by atoms with van der Waals surface area (Å²) in [5, 5.41) is 15.3. The van der Waals surface area contributed by atoms with Gasteiger partial charge in [-0.05, 0) is 54.9 Å². The first kappa shape index (κ1) is 25.4. The van der Waals surface area contributed by atoms with E-state index in [-0.39, 0.29) is 23.0 Å². The van der Waals surface area contributed by atoms with Crippen molar-refractivity contribution in [3.8, 4) is 11.5 Å². The summed E-state index contributed by atoms with van der Waals surface area (Å²) in [6.07, 6.45) is 8.27. The summed E-state index contributed by atoms with van der Waals surface area (Å²) < 4.78 is 10.9. The molecule has 2 N–H and O–H groups in total. The molecule has 32 heavy (non-hydrogen) atoms. The molecule has 4 nitrogen and oxygen atoms in total. The second-order valence-electron chi connectivity index (χ2n) is 11.4. The SMILES string of the molecule is COc1ccc(CN[C@H]2CC[C@]3(C)[C@@H]([C@H](C)CCCC(C)C)CC[C@@]3(C)[C@H]2O)c(OC)c1. The molecular weight excluding hydrogens is 398 g/mol. The summed E-state index contributed by atoms with van der Waals surface area (Å²) in [6, 6.07) is 6.07. The van der Waals surface area contributed by atoms with Crippen molar-refractivity contribution in [3.63, 3.8) is 0 Å². The van der Waals surface area contributed by atoms with Gasteiger partial charge in [0.15, 0.2) is 0 Å². The lowest BCUT2D eigenvalue weighted by atomic mass is 9.53. The highest BCUT2D eigenvalue weighted by Gasteiger charge is 2.61. The van der Waals surface area contributed by atoms with Gasteiger partial charge in [-0.1, -0.05) is 59.9 Å². The zero-order valence-corrected chi connectivity index (χ0v) is 21.5. The Morgan fingerprint density at radius 1 is 1.03 bits per heavy atom. The van der Waals surface area contributed by atoms with Gasteiger partial charge in [0.1, 0.15) is 11.5 Å². The Hall–Kier alpha value is -1.26. The molecule has 2 aliphatic rings. The van der Waals surface area contributed by atoms with Gasteiger partial charge in [0.05, 0.1) is 20.3 Å². The van der Waals surface area contributed by atoms with Gasteiger partial charge in [-0.3, -0.25) is 0 Å². The molecule has 3 rings (SSSR count). The summed E-state index contributed by atoms with van der Waals surface area (Å²) >= 11 is 0. The third-order valence-electron chi connectivity index (χ3n) is 9.28. The van der Waals surface area contributed by atoms with Gasteiger partial charge in [0, 0.05) is 29.6 Å². The van der Waals surface area contributed by atoms with E-state index in [1.54, 1.807) is 14.2 Å². The van der Waals surface area contributed by atoms with Crippen LogP contribution in [0, 0.1) is 28.6 Å². The average Bonchev–Trinajstić information content (AvgIpc) is 3.05. The van der Waals surface area contributed by atoms with Gasteiger partial charge in [0.2, 0.25) is 0 Å². The van der Waals surface area contributed by atoms with E-state index in [4.69, 9.17) is 9.47 Å². The lowest BCUT2D eigenvalue weighted by molar-refractivity contribution is -0.113. The van der Waals surface area contributed by atoms with Gasteiger partial charge in [-0.15, -0.1) is 0 Å². The zero-order valence-electron chi connectivity index (χ0n) is 21.5. The topological polar surface area (TPSA) is 50.7 Å². The molecule has 0 heterocycles. The molecule has 182 valence electrons. The van der Waals surface area contributed by atoms with Crippen LogP contribution >= 0.6 is 0 Å². The minimum Gasteiger partial charge on any atom is -0.497 e. The smallest absolute Gasteiger partial charge is 0.127 e. The number of nitrogens with one attached hydrogen (secondary N) is 1. The number of methoxy groups -OCH3 is 2. The predicted molar refractivity (Wildman–Crippen MR) is 132 cm³/mol. The average molecular weight is 446 g/mol. The van der Waals surface area contributed by atoms with E-state index in [0.29, 0.717) is 6.54 Å². The molecule has 0 unspecified atom stereocenters. The normalized spacial score (nSPS) is 33.2. The van der Waals surface area contributed by atoms with E-state index in [2.05, 4.69) is 46.0 Å². The third kappa shape index (κ3) is 4.82. The van der Waals surface area contributed by atoms with Crippen molar-refractivity contribution in [2.45, 2.75) is 98.3 Å². The molecule has 2 saturated carbocycles. The second-order valence-corrected chi connectivity index (χ2v) is 11.4. The van der Waals surface area contributed by atoms with Crippen LogP contribution in [0.5, 0.6) is 11.5 Å². The summed E-state index contributed by atoms with van der Waals surface area (Å²) in [5.74, 6) is 3.87. The Morgan fingerprint density at radius 3 is 2.41 bits per heavy atom. The maximum absolute atomic E-state index is 11.6. The molecule has 1 aromatic carbocycles. The lowest BCUT2D eigenvalue weighted by Gasteiger charge is -2.55. The van der Waals surface area contributed by atoms with Crippen LogP contribution in [-0.4, -0.2) is 31.5 Å². The van der Waals surface area contributed by atoms with Crippen LogP contribution in [0.15, 0.2) is 18.2 Å². The predicted octanol–water partition coefficient (Wildman–Crippen LogP) is 6.20. The number of hydrogen-bond donors (Lipinski definition) is 2. The fraction of sp³-hybridized carbons (Fsp3) is 0.786. The van der Waals surface area contributed by atoms with Crippen molar-refractivity contribution < 1.29 is 14.6 Å². The Kier molecular flexibility index (Phi) is 8.20. The first-order chi connectivity index (χ1) is 15.2. The maximum Gasteiger partial charge on any atom is 0.127 e. The lowest BCUT2D eigenvalue weighted by Crippen LogP contribution is -2.58. The van der Waals surface area contributed by atoms with Crippen molar-refractivity contribution in [2.75, 3.05) is 14.2 Å². The van der Waals surface area contributed by atoms with Crippen LogP contribution in [0.1, 0.15) is 85.1 Å². The Bertz CT molecular complexity index is 750. The number of aliphatic hydroxyl groups is 1. The maximum atomic E-state index is 11.6.